The number of nitrogens with zero attached hydrogens (tertiary/aromatic N) is 1. The lowest BCUT2D eigenvalue weighted by molar-refractivity contribution is 0.0697. The van der Waals surface area contributed by atoms with Crippen LogP contribution in [0.1, 0.15) is 15.9 Å². The first-order valence-corrected chi connectivity index (χ1v) is 7.58. The predicted molar refractivity (Wildman–Crippen MR) is 77.6 cm³/mol. The molecule has 0 bridgehead atoms. The predicted octanol–water partition coefficient (Wildman–Crippen LogP) is 2.78. The van der Waals surface area contributed by atoms with Gasteiger partial charge in [0.1, 0.15) is 0 Å². The van der Waals surface area contributed by atoms with Crippen LogP contribution < -0.4 is 0 Å². The number of hydrogen-bond donors (Lipinski definition) is 1. The Kier molecular flexibility index (Phi) is 4.87. The molecule has 1 unspecified atom stereocenters. The highest BCUT2D eigenvalue weighted by molar-refractivity contribution is 7.85. The number of aryl methyl sites for hydroxylation is 1. The molecule has 1 aromatic carbocycles. The maximum absolute atomic E-state index is 12.2. The Hall–Kier alpha value is -1.72. The molecule has 0 saturated carbocycles. The lowest BCUT2D eigenvalue weighted by atomic mass is 10.2. The molecule has 0 radical (unpaired) electrons. The summed E-state index contributed by atoms with van der Waals surface area (Å²) in [6.07, 6.45) is 4.01. The molecule has 0 saturated heterocycles. The summed E-state index contributed by atoms with van der Waals surface area (Å²) in [5.41, 5.74) is 1.02. The van der Waals surface area contributed by atoms with E-state index in [4.69, 9.17) is 16.7 Å². The molecule has 0 aliphatic heterocycles. The number of rotatable bonds is 5. The molecule has 1 atom stereocenters. The van der Waals surface area contributed by atoms with Crippen LogP contribution in [0.2, 0.25) is 5.02 Å². The second kappa shape index (κ2) is 6.63. The minimum absolute atomic E-state index is 0.0265. The van der Waals surface area contributed by atoms with Gasteiger partial charge in [0, 0.05) is 23.0 Å². The third-order valence-corrected chi connectivity index (χ3v) is 4.44. The van der Waals surface area contributed by atoms with E-state index in [9.17, 15) is 9.00 Å². The fraction of sp³-hybridized carbons (Fsp3) is 0.143. The van der Waals surface area contributed by atoms with Gasteiger partial charge in [-0.05, 0) is 42.3 Å². The quantitative estimate of drug-likeness (QED) is 0.922. The first-order valence-electron chi connectivity index (χ1n) is 5.88. The average molecular weight is 310 g/mol. The molecule has 0 aliphatic carbocycles. The van der Waals surface area contributed by atoms with E-state index in [1.807, 2.05) is 12.1 Å². The van der Waals surface area contributed by atoms with E-state index in [0.717, 1.165) is 5.56 Å². The fourth-order valence-corrected chi connectivity index (χ4v) is 3.01. The Balaban J connectivity index is 2.10. The van der Waals surface area contributed by atoms with E-state index in [0.29, 0.717) is 17.1 Å². The van der Waals surface area contributed by atoms with Crippen molar-refractivity contribution in [1.29, 1.82) is 0 Å². The Morgan fingerprint density at radius 3 is 2.60 bits per heavy atom. The summed E-state index contributed by atoms with van der Waals surface area (Å²) < 4.78 is 12.2. The summed E-state index contributed by atoms with van der Waals surface area (Å²) in [5, 5.41) is 9.14. The molecule has 1 N–H and O–H groups in total. The smallest absolute Gasteiger partial charge is 0.337 e. The van der Waals surface area contributed by atoms with Gasteiger partial charge in [-0.15, -0.1) is 0 Å². The van der Waals surface area contributed by atoms with Gasteiger partial charge in [-0.3, -0.25) is 9.19 Å². The van der Waals surface area contributed by atoms with E-state index in [1.165, 1.54) is 12.1 Å². The molecule has 1 heterocycles. The van der Waals surface area contributed by atoms with Crippen molar-refractivity contribution in [2.45, 2.75) is 11.3 Å². The first kappa shape index (κ1) is 14.7. The Labute approximate surface area is 123 Å². The summed E-state index contributed by atoms with van der Waals surface area (Å²) in [6, 6.07) is 8.15. The topological polar surface area (TPSA) is 67.3 Å². The summed E-state index contributed by atoms with van der Waals surface area (Å²) in [5.74, 6) is -0.701. The van der Waals surface area contributed by atoms with Gasteiger partial charge in [0.2, 0.25) is 0 Å². The second-order valence-electron chi connectivity index (χ2n) is 4.10. The molecule has 6 heteroatoms. The zero-order valence-electron chi connectivity index (χ0n) is 10.5. The van der Waals surface area contributed by atoms with Crippen LogP contribution in [-0.2, 0) is 17.2 Å². The largest absolute Gasteiger partial charge is 0.478 e. The zero-order chi connectivity index (χ0) is 14.5. The van der Waals surface area contributed by atoms with Crippen molar-refractivity contribution in [2.75, 3.05) is 5.75 Å². The number of hydrogen-bond acceptors (Lipinski definition) is 3. The number of benzene rings is 1. The average Bonchev–Trinajstić information content (AvgIpc) is 2.46. The Morgan fingerprint density at radius 1 is 1.25 bits per heavy atom. The fourth-order valence-electron chi connectivity index (χ4n) is 1.69. The third kappa shape index (κ3) is 3.65. The van der Waals surface area contributed by atoms with E-state index in [-0.39, 0.29) is 10.6 Å². The van der Waals surface area contributed by atoms with Crippen molar-refractivity contribution >= 4 is 28.4 Å². The van der Waals surface area contributed by atoms with Crippen LogP contribution in [0.15, 0.2) is 47.6 Å². The van der Waals surface area contributed by atoms with Crippen LogP contribution in [0.3, 0.4) is 0 Å². The van der Waals surface area contributed by atoms with E-state index in [1.54, 1.807) is 18.5 Å². The number of halogens is 1. The van der Waals surface area contributed by atoms with Crippen molar-refractivity contribution in [1.82, 2.24) is 4.98 Å². The maximum Gasteiger partial charge on any atom is 0.337 e. The highest BCUT2D eigenvalue weighted by Gasteiger charge is 2.12. The Morgan fingerprint density at radius 2 is 1.95 bits per heavy atom. The monoisotopic (exact) mass is 309 g/mol. The summed E-state index contributed by atoms with van der Waals surface area (Å²) in [7, 11) is -1.26. The molecule has 104 valence electrons. The standard InChI is InChI=1S/C14H12ClNO3S/c15-13-2-1-11(9-12(13)14(17)18)20(19)8-5-10-3-6-16-7-4-10/h1-4,6-7,9H,5,8H2,(H,17,18). The Bertz CT molecular complexity index is 646. The van der Waals surface area contributed by atoms with E-state index < -0.39 is 16.8 Å². The summed E-state index contributed by atoms with van der Waals surface area (Å²) in [6.45, 7) is 0. The molecular formula is C14H12ClNO3S. The van der Waals surface area contributed by atoms with Crippen LogP contribution in [-0.4, -0.2) is 26.0 Å². The van der Waals surface area contributed by atoms with Crippen LogP contribution in [0.4, 0.5) is 0 Å². The van der Waals surface area contributed by atoms with Gasteiger partial charge in [0.15, 0.2) is 0 Å². The maximum atomic E-state index is 12.2. The highest BCUT2D eigenvalue weighted by Crippen LogP contribution is 2.20. The number of carboxylic acids is 1. The molecule has 4 nitrogen and oxygen atoms in total. The molecule has 0 aliphatic rings. The number of aromatic nitrogens is 1. The second-order valence-corrected chi connectivity index (χ2v) is 6.08. The van der Waals surface area contributed by atoms with Crippen molar-refractivity contribution in [2.24, 2.45) is 0 Å². The van der Waals surface area contributed by atoms with E-state index in [2.05, 4.69) is 4.98 Å². The van der Waals surface area contributed by atoms with Crippen LogP contribution in [0, 0.1) is 0 Å². The molecule has 1 aromatic heterocycles. The van der Waals surface area contributed by atoms with Gasteiger partial charge in [0.25, 0.3) is 0 Å². The summed E-state index contributed by atoms with van der Waals surface area (Å²) in [4.78, 5) is 15.4. The molecule has 0 spiro atoms. The van der Waals surface area contributed by atoms with Crippen LogP contribution in [0.5, 0.6) is 0 Å². The molecule has 0 amide bonds. The van der Waals surface area contributed by atoms with Gasteiger partial charge in [-0.1, -0.05) is 11.6 Å². The highest BCUT2D eigenvalue weighted by atomic mass is 35.5. The number of carboxylic acid groups (broad SMARTS) is 1. The molecule has 2 rings (SSSR count). The lowest BCUT2D eigenvalue weighted by Gasteiger charge is -2.05. The number of pyridine rings is 1. The van der Waals surface area contributed by atoms with E-state index >= 15 is 0 Å². The van der Waals surface area contributed by atoms with Gasteiger partial charge < -0.3 is 5.11 Å². The number of carbonyl (C=O) groups is 1. The van der Waals surface area contributed by atoms with Crippen molar-refractivity contribution in [3.63, 3.8) is 0 Å². The van der Waals surface area contributed by atoms with Gasteiger partial charge in [-0.2, -0.15) is 0 Å². The number of aromatic carboxylic acids is 1. The normalized spacial score (nSPS) is 12.1. The van der Waals surface area contributed by atoms with Gasteiger partial charge in [0.05, 0.1) is 21.4 Å². The van der Waals surface area contributed by atoms with Crippen molar-refractivity contribution < 1.29 is 14.1 Å². The molecule has 2 aromatic rings. The minimum atomic E-state index is -1.26. The first-order chi connectivity index (χ1) is 9.58. The summed E-state index contributed by atoms with van der Waals surface area (Å²) >= 11 is 5.78. The molecular weight excluding hydrogens is 298 g/mol. The third-order valence-electron chi connectivity index (χ3n) is 2.76. The van der Waals surface area contributed by atoms with Crippen LogP contribution in [0.25, 0.3) is 0 Å². The van der Waals surface area contributed by atoms with Gasteiger partial charge in [-0.25, -0.2) is 4.79 Å². The lowest BCUT2D eigenvalue weighted by Crippen LogP contribution is -2.04. The van der Waals surface area contributed by atoms with Crippen molar-refractivity contribution in [3.8, 4) is 0 Å². The zero-order valence-corrected chi connectivity index (χ0v) is 12.0. The SMILES string of the molecule is O=C(O)c1cc(S(=O)CCc2ccncc2)ccc1Cl. The van der Waals surface area contributed by atoms with Gasteiger partial charge >= 0.3 is 5.97 Å². The van der Waals surface area contributed by atoms with Crippen molar-refractivity contribution in [3.05, 3.63) is 58.9 Å². The molecule has 0 fully saturated rings. The minimum Gasteiger partial charge on any atom is -0.478 e. The van der Waals surface area contributed by atoms with Crippen LogP contribution >= 0.6 is 11.6 Å². The molecule has 20 heavy (non-hydrogen) atoms.